The van der Waals surface area contributed by atoms with Crippen molar-refractivity contribution in [1.29, 1.82) is 0 Å². The van der Waals surface area contributed by atoms with Crippen LogP contribution in [0.1, 0.15) is 25.8 Å². The lowest BCUT2D eigenvalue weighted by atomic mass is 10.1. The lowest BCUT2D eigenvalue weighted by molar-refractivity contribution is -0.144. The Kier molecular flexibility index (Phi) is 7.94. The molecule has 0 aliphatic carbocycles. The summed E-state index contributed by atoms with van der Waals surface area (Å²) in [5, 5.41) is 0.643. The van der Waals surface area contributed by atoms with Gasteiger partial charge in [-0.3, -0.25) is 4.79 Å². The Morgan fingerprint density at radius 1 is 1.35 bits per heavy atom. The maximum atomic E-state index is 12.5. The van der Waals surface area contributed by atoms with Gasteiger partial charge in [-0.1, -0.05) is 54.6 Å². The van der Waals surface area contributed by atoms with Crippen LogP contribution < -0.4 is 4.72 Å². The van der Waals surface area contributed by atoms with E-state index in [1.807, 2.05) is 13.8 Å². The van der Waals surface area contributed by atoms with Crippen molar-refractivity contribution < 1.29 is 17.9 Å². The first-order chi connectivity index (χ1) is 10.8. The summed E-state index contributed by atoms with van der Waals surface area (Å²) in [5.74, 6) is -0.464. The van der Waals surface area contributed by atoms with Gasteiger partial charge >= 0.3 is 5.97 Å². The average Bonchev–Trinajstić information content (AvgIpc) is 2.51. The molecule has 0 heterocycles. The fourth-order valence-electron chi connectivity index (χ4n) is 1.92. The molecular weight excluding hydrogens is 382 g/mol. The largest absolute Gasteiger partial charge is 0.460 e. The maximum Gasteiger partial charge on any atom is 0.324 e. The number of hydrogen-bond acceptors (Lipinski definition) is 4. The van der Waals surface area contributed by atoms with E-state index in [4.69, 9.17) is 4.74 Å². The van der Waals surface area contributed by atoms with Crippen LogP contribution in [-0.4, -0.2) is 27.0 Å². The van der Waals surface area contributed by atoms with E-state index >= 15 is 0 Å². The van der Waals surface area contributed by atoms with Crippen LogP contribution in [0.15, 0.2) is 41.8 Å². The molecule has 0 unspecified atom stereocenters. The molecule has 0 saturated carbocycles. The molecule has 5 nitrogen and oxygen atoms in total. The van der Waals surface area contributed by atoms with E-state index in [1.165, 1.54) is 18.2 Å². The molecule has 23 heavy (non-hydrogen) atoms. The summed E-state index contributed by atoms with van der Waals surface area (Å²) in [6.45, 7) is 7.34. The number of halogens is 1. The maximum absolute atomic E-state index is 12.5. The SMILES string of the molecule is C=CCOC(=O)[C@H](CC(C)C)NS(=O)(=O)c1ccc(CBr)cc1. The molecule has 1 atom stereocenters. The first-order valence-corrected chi connectivity index (χ1v) is 9.85. The smallest absolute Gasteiger partial charge is 0.324 e. The van der Waals surface area contributed by atoms with E-state index in [-0.39, 0.29) is 17.4 Å². The van der Waals surface area contributed by atoms with Crippen LogP contribution in [0.25, 0.3) is 0 Å². The number of carbonyl (C=O) groups excluding carboxylic acids is 1. The van der Waals surface area contributed by atoms with Gasteiger partial charge < -0.3 is 4.74 Å². The van der Waals surface area contributed by atoms with Gasteiger partial charge in [0.1, 0.15) is 12.6 Å². The van der Waals surface area contributed by atoms with Crippen molar-refractivity contribution >= 4 is 31.9 Å². The molecule has 1 rings (SSSR count). The number of nitrogens with one attached hydrogen (secondary N) is 1. The fraction of sp³-hybridized carbons (Fsp3) is 0.438. The summed E-state index contributed by atoms with van der Waals surface area (Å²) < 4.78 is 32.3. The molecule has 0 spiro atoms. The Balaban J connectivity index is 2.94. The fourth-order valence-corrected chi connectivity index (χ4v) is 3.49. The van der Waals surface area contributed by atoms with E-state index in [2.05, 4.69) is 27.2 Å². The molecule has 7 heteroatoms. The zero-order valence-corrected chi connectivity index (χ0v) is 15.7. The van der Waals surface area contributed by atoms with Gasteiger partial charge in [0.05, 0.1) is 4.90 Å². The molecule has 1 aromatic rings. The second kappa shape index (κ2) is 9.20. The van der Waals surface area contributed by atoms with Crippen molar-refractivity contribution in [3.05, 3.63) is 42.5 Å². The van der Waals surface area contributed by atoms with Gasteiger partial charge in [-0.15, -0.1) is 0 Å². The molecule has 0 saturated heterocycles. The lowest BCUT2D eigenvalue weighted by Gasteiger charge is -2.19. The number of hydrogen-bond donors (Lipinski definition) is 1. The second-order valence-electron chi connectivity index (χ2n) is 5.50. The van der Waals surface area contributed by atoms with Crippen LogP contribution in [0.2, 0.25) is 0 Å². The third kappa shape index (κ3) is 6.45. The summed E-state index contributed by atoms with van der Waals surface area (Å²) in [6, 6.07) is 5.55. The Hall–Kier alpha value is -1.18. The molecule has 0 radical (unpaired) electrons. The Labute approximate surface area is 146 Å². The zero-order chi connectivity index (χ0) is 17.5. The summed E-state index contributed by atoms with van der Waals surface area (Å²) in [4.78, 5) is 12.2. The van der Waals surface area contributed by atoms with Gasteiger partial charge in [0.25, 0.3) is 0 Å². The molecule has 0 fully saturated rings. The van der Waals surface area contributed by atoms with Crippen molar-refractivity contribution in [3.8, 4) is 0 Å². The number of rotatable bonds is 9. The molecule has 0 aliphatic rings. The number of sulfonamides is 1. The summed E-state index contributed by atoms with van der Waals surface area (Å²) >= 11 is 3.31. The molecule has 0 amide bonds. The predicted octanol–water partition coefficient (Wildman–Crippen LogP) is 3.00. The Bertz CT molecular complexity index is 626. The zero-order valence-electron chi connectivity index (χ0n) is 13.3. The van der Waals surface area contributed by atoms with Gasteiger partial charge in [0.15, 0.2) is 0 Å². The highest BCUT2D eigenvalue weighted by molar-refractivity contribution is 9.08. The third-order valence-corrected chi connectivity index (χ3v) is 5.16. The van der Waals surface area contributed by atoms with Crippen LogP contribution in [0.5, 0.6) is 0 Å². The Morgan fingerprint density at radius 3 is 2.43 bits per heavy atom. The van der Waals surface area contributed by atoms with Gasteiger partial charge in [0, 0.05) is 5.33 Å². The number of benzene rings is 1. The van der Waals surface area contributed by atoms with Crippen LogP contribution in [0.4, 0.5) is 0 Å². The minimum Gasteiger partial charge on any atom is -0.460 e. The summed E-state index contributed by atoms with van der Waals surface area (Å²) in [6.07, 6.45) is 1.80. The monoisotopic (exact) mass is 403 g/mol. The highest BCUT2D eigenvalue weighted by atomic mass is 79.9. The molecular formula is C16H22BrNO4S. The number of esters is 1. The van der Waals surface area contributed by atoms with E-state index in [0.29, 0.717) is 11.8 Å². The Morgan fingerprint density at radius 2 is 1.96 bits per heavy atom. The van der Waals surface area contributed by atoms with Gasteiger partial charge in [-0.25, -0.2) is 8.42 Å². The third-order valence-electron chi connectivity index (χ3n) is 3.02. The van der Waals surface area contributed by atoms with Crippen LogP contribution in [0.3, 0.4) is 0 Å². The van der Waals surface area contributed by atoms with E-state index in [9.17, 15) is 13.2 Å². The van der Waals surface area contributed by atoms with Crippen LogP contribution >= 0.6 is 15.9 Å². The van der Waals surface area contributed by atoms with Crippen LogP contribution in [0, 0.1) is 5.92 Å². The van der Waals surface area contributed by atoms with E-state index < -0.39 is 22.0 Å². The molecule has 0 bridgehead atoms. The topological polar surface area (TPSA) is 72.5 Å². The van der Waals surface area contributed by atoms with Gasteiger partial charge in [0.2, 0.25) is 10.0 Å². The normalized spacial score (nSPS) is 12.9. The van der Waals surface area contributed by atoms with Gasteiger partial charge in [-0.05, 0) is 30.0 Å². The van der Waals surface area contributed by atoms with E-state index in [0.717, 1.165) is 5.56 Å². The number of ether oxygens (including phenoxy) is 1. The second-order valence-corrected chi connectivity index (χ2v) is 7.77. The first-order valence-electron chi connectivity index (χ1n) is 7.25. The molecule has 128 valence electrons. The van der Waals surface area contributed by atoms with Crippen molar-refractivity contribution in [1.82, 2.24) is 4.72 Å². The summed E-state index contributed by atoms with van der Waals surface area (Å²) in [5.41, 5.74) is 0.966. The number of carbonyl (C=O) groups is 1. The first kappa shape index (κ1) is 19.9. The van der Waals surface area contributed by atoms with E-state index in [1.54, 1.807) is 12.1 Å². The van der Waals surface area contributed by atoms with Gasteiger partial charge in [-0.2, -0.15) is 4.72 Å². The minimum absolute atomic E-state index is 0.0507. The summed E-state index contributed by atoms with van der Waals surface area (Å²) in [7, 11) is -3.79. The molecule has 1 N–H and O–H groups in total. The molecule has 0 aromatic heterocycles. The average molecular weight is 404 g/mol. The minimum atomic E-state index is -3.79. The van der Waals surface area contributed by atoms with Crippen molar-refractivity contribution in [2.45, 2.75) is 36.5 Å². The highest BCUT2D eigenvalue weighted by Crippen LogP contribution is 2.15. The quantitative estimate of drug-likeness (QED) is 0.390. The van der Waals surface area contributed by atoms with Crippen molar-refractivity contribution in [2.75, 3.05) is 6.61 Å². The highest BCUT2D eigenvalue weighted by Gasteiger charge is 2.27. The number of alkyl halides is 1. The standard InChI is InChI=1S/C16H22BrNO4S/c1-4-9-22-16(19)15(10-12(2)3)18-23(20,21)14-7-5-13(11-17)6-8-14/h4-8,12,15,18H,1,9-11H2,2-3H3/t15-/m0/s1. The lowest BCUT2D eigenvalue weighted by Crippen LogP contribution is -2.42. The molecule has 1 aromatic carbocycles. The van der Waals surface area contributed by atoms with Crippen molar-refractivity contribution in [3.63, 3.8) is 0 Å². The predicted molar refractivity (Wildman–Crippen MR) is 93.8 cm³/mol. The van der Waals surface area contributed by atoms with Crippen molar-refractivity contribution in [2.24, 2.45) is 5.92 Å². The molecule has 0 aliphatic heterocycles. The van der Waals surface area contributed by atoms with Crippen LogP contribution in [-0.2, 0) is 24.9 Å².